The molecule has 0 aliphatic rings. The summed E-state index contributed by atoms with van der Waals surface area (Å²) in [6.07, 6.45) is 1.79. The molecule has 1 aromatic heterocycles. The molecule has 0 N–H and O–H groups in total. The van der Waals surface area contributed by atoms with E-state index in [9.17, 15) is 0 Å². The van der Waals surface area contributed by atoms with Gasteiger partial charge in [0.2, 0.25) is 0 Å². The second-order valence-electron chi connectivity index (χ2n) is 2.69. The average molecular weight is 270 g/mol. The Labute approximate surface area is 84.1 Å². The van der Waals surface area contributed by atoms with Crippen molar-refractivity contribution in [2.45, 2.75) is 6.92 Å². The molecule has 0 aliphatic carbocycles. The molecular weight excluding hydrogens is 263 g/mol. The number of rotatable bonds is 0. The number of nitrogens with zero attached hydrogens (tertiary/aromatic N) is 2. The summed E-state index contributed by atoms with van der Waals surface area (Å²) in [5.74, 6) is 0. The Kier molecular flexibility index (Phi) is 1.96. The highest BCUT2D eigenvalue weighted by Gasteiger charge is 1.98. The zero-order chi connectivity index (χ0) is 8.55. The SMILES string of the molecule is Cc1cnnc2ccc(I)cc12. The lowest BCUT2D eigenvalue weighted by molar-refractivity contribution is 1.06. The molecular formula is C9H7IN2. The Morgan fingerprint density at radius 2 is 2.17 bits per heavy atom. The third-order valence-corrected chi connectivity index (χ3v) is 2.47. The number of hydrogen-bond donors (Lipinski definition) is 0. The third-order valence-electron chi connectivity index (χ3n) is 1.80. The second-order valence-corrected chi connectivity index (χ2v) is 3.93. The quantitative estimate of drug-likeness (QED) is 0.687. The zero-order valence-electron chi connectivity index (χ0n) is 6.58. The molecule has 0 atom stereocenters. The van der Waals surface area contributed by atoms with Crippen LogP contribution in [0, 0.1) is 10.5 Å². The lowest BCUT2D eigenvalue weighted by Gasteiger charge is -1.99. The first kappa shape index (κ1) is 7.91. The molecule has 0 amide bonds. The van der Waals surface area contributed by atoms with Crippen molar-refractivity contribution in [3.05, 3.63) is 33.5 Å². The van der Waals surface area contributed by atoms with Crippen molar-refractivity contribution in [1.82, 2.24) is 10.2 Å². The van der Waals surface area contributed by atoms with Crippen molar-refractivity contribution in [2.75, 3.05) is 0 Å². The van der Waals surface area contributed by atoms with E-state index < -0.39 is 0 Å². The van der Waals surface area contributed by atoms with Crippen LogP contribution in [0.3, 0.4) is 0 Å². The van der Waals surface area contributed by atoms with Crippen molar-refractivity contribution < 1.29 is 0 Å². The van der Waals surface area contributed by atoms with Gasteiger partial charge in [-0.15, -0.1) is 0 Å². The van der Waals surface area contributed by atoms with Crippen LogP contribution in [0.15, 0.2) is 24.4 Å². The van der Waals surface area contributed by atoms with Crippen LogP contribution in [0.5, 0.6) is 0 Å². The van der Waals surface area contributed by atoms with Crippen LogP contribution in [-0.2, 0) is 0 Å². The highest BCUT2D eigenvalue weighted by Crippen LogP contribution is 2.17. The van der Waals surface area contributed by atoms with Crippen molar-refractivity contribution in [3.63, 3.8) is 0 Å². The predicted octanol–water partition coefficient (Wildman–Crippen LogP) is 2.54. The minimum absolute atomic E-state index is 0.968. The summed E-state index contributed by atoms with van der Waals surface area (Å²) in [7, 11) is 0. The number of benzene rings is 1. The smallest absolute Gasteiger partial charge is 0.0933 e. The molecule has 0 spiro atoms. The van der Waals surface area contributed by atoms with Gasteiger partial charge in [-0.25, -0.2) is 0 Å². The fraction of sp³-hybridized carbons (Fsp3) is 0.111. The average Bonchev–Trinajstić information content (AvgIpc) is 2.07. The van der Waals surface area contributed by atoms with Gasteiger partial charge >= 0.3 is 0 Å². The highest BCUT2D eigenvalue weighted by molar-refractivity contribution is 14.1. The predicted molar refractivity (Wildman–Crippen MR) is 57.0 cm³/mol. The van der Waals surface area contributed by atoms with Crippen molar-refractivity contribution in [3.8, 4) is 0 Å². The van der Waals surface area contributed by atoms with E-state index in [0.29, 0.717) is 0 Å². The van der Waals surface area contributed by atoms with Crippen molar-refractivity contribution in [1.29, 1.82) is 0 Å². The van der Waals surface area contributed by atoms with E-state index in [4.69, 9.17) is 0 Å². The lowest BCUT2D eigenvalue weighted by Crippen LogP contribution is -1.86. The summed E-state index contributed by atoms with van der Waals surface area (Å²) >= 11 is 2.30. The Bertz CT molecular complexity index is 426. The first-order valence-electron chi connectivity index (χ1n) is 3.65. The maximum atomic E-state index is 4.03. The van der Waals surface area contributed by atoms with Crippen LogP contribution in [0.4, 0.5) is 0 Å². The number of aryl methyl sites for hydroxylation is 1. The molecule has 0 unspecified atom stereocenters. The molecule has 2 nitrogen and oxygen atoms in total. The lowest BCUT2D eigenvalue weighted by atomic mass is 10.1. The monoisotopic (exact) mass is 270 g/mol. The summed E-state index contributed by atoms with van der Waals surface area (Å²) in [4.78, 5) is 0. The van der Waals surface area contributed by atoms with Gasteiger partial charge in [-0.05, 0) is 53.3 Å². The van der Waals surface area contributed by atoms with E-state index in [1.807, 2.05) is 19.1 Å². The largest absolute Gasteiger partial charge is 0.158 e. The van der Waals surface area contributed by atoms with Gasteiger partial charge < -0.3 is 0 Å². The molecule has 0 radical (unpaired) electrons. The second kappa shape index (κ2) is 2.97. The maximum Gasteiger partial charge on any atom is 0.0933 e. The fourth-order valence-corrected chi connectivity index (χ4v) is 1.65. The van der Waals surface area contributed by atoms with Crippen LogP contribution < -0.4 is 0 Å². The van der Waals surface area contributed by atoms with E-state index >= 15 is 0 Å². The Morgan fingerprint density at radius 3 is 3.00 bits per heavy atom. The minimum atomic E-state index is 0.968. The first-order chi connectivity index (χ1) is 5.77. The topological polar surface area (TPSA) is 25.8 Å². The summed E-state index contributed by atoms with van der Waals surface area (Å²) in [5, 5.41) is 9.11. The summed E-state index contributed by atoms with van der Waals surface area (Å²) in [6.45, 7) is 2.05. The van der Waals surface area contributed by atoms with E-state index in [0.717, 1.165) is 5.52 Å². The maximum absolute atomic E-state index is 4.03. The van der Waals surface area contributed by atoms with Gasteiger partial charge in [0, 0.05) is 8.96 Å². The Hall–Kier alpha value is -0.710. The van der Waals surface area contributed by atoms with Crippen LogP contribution in [0.25, 0.3) is 10.9 Å². The summed E-state index contributed by atoms with van der Waals surface area (Å²) in [6, 6.07) is 6.16. The third kappa shape index (κ3) is 1.29. The number of fused-ring (bicyclic) bond motifs is 1. The summed E-state index contributed by atoms with van der Waals surface area (Å²) < 4.78 is 1.23. The molecule has 0 aliphatic heterocycles. The Morgan fingerprint density at radius 1 is 1.33 bits per heavy atom. The van der Waals surface area contributed by atoms with Gasteiger partial charge in [-0.2, -0.15) is 10.2 Å². The molecule has 2 rings (SSSR count). The number of hydrogen-bond acceptors (Lipinski definition) is 2. The van der Waals surface area contributed by atoms with E-state index in [2.05, 4.69) is 38.9 Å². The number of halogens is 1. The fourth-order valence-electron chi connectivity index (χ4n) is 1.16. The van der Waals surface area contributed by atoms with Crippen LogP contribution in [0.1, 0.15) is 5.56 Å². The molecule has 60 valence electrons. The molecule has 0 bridgehead atoms. The van der Waals surface area contributed by atoms with Crippen LogP contribution >= 0.6 is 22.6 Å². The van der Waals surface area contributed by atoms with Gasteiger partial charge in [0.25, 0.3) is 0 Å². The summed E-state index contributed by atoms with van der Waals surface area (Å²) in [5.41, 5.74) is 2.15. The highest BCUT2D eigenvalue weighted by atomic mass is 127. The van der Waals surface area contributed by atoms with Crippen LogP contribution in [-0.4, -0.2) is 10.2 Å². The molecule has 1 aromatic carbocycles. The molecule has 1 heterocycles. The normalized spacial score (nSPS) is 10.5. The molecule has 3 heteroatoms. The van der Waals surface area contributed by atoms with E-state index in [-0.39, 0.29) is 0 Å². The minimum Gasteiger partial charge on any atom is -0.158 e. The molecule has 0 fully saturated rings. The molecule has 0 saturated carbocycles. The van der Waals surface area contributed by atoms with Gasteiger partial charge in [-0.3, -0.25) is 0 Å². The molecule has 12 heavy (non-hydrogen) atoms. The first-order valence-corrected chi connectivity index (χ1v) is 4.73. The van der Waals surface area contributed by atoms with Crippen molar-refractivity contribution >= 4 is 33.5 Å². The Balaban J connectivity index is 2.88. The van der Waals surface area contributed by atoms with E-state index in [1.54, 1.807) is 6.20 Å². The zero-order valence-corrected chi connectivity index (χ0v) is 8.74. The van der Waals surface area contributed by atoms with Crippen LogP contribution in [0.2, 0.25) is 0 Å². The van der Waals surface area contributed by atoms with Gasteiger partial charge in [0.15, 0.2) is 0 Å². The van der Waals surface area contributed by atoms with E-state index in [1.165, 1.54) is 14.5 Å². The standard InChI is InChI=1S/C9H7IN2/c1-6-5-11-12-9-3-2-7(10)4-8(6)9/h2-5H,1H3. The molecule has 0 saturated heterocycles. The van der Waals surface area contributed by atoms with Gasteiger partial charge in [0.05, 0.1) is 11.7 Å². The van der Waals surface area contributed by atoms with Gasteiger partial charge in [-0.1, -0.05) is 0 Å². The molecule has 2 aromatic rings. The van der Waals surface area contributed by atoms with Crippen molar-refractivity contribution in [2.24, 2.45) is 0 Å². The van der Waals surface area contributed by atoms with Gasteiger partial charge in [0.1, 0.15) is 0 Å². The number of aromatic nitrogens is 2.